The van der Waals surface area contributed by atoms with Gasteiger partial charge in [-0.15, -0.1) is 0 Å². The van der Waals surface area contributed by atoms with E-state index in [9.17, 15) is 0 Å². The first-order chi connectivity index (χ1) is 7.86. The smallest absolute Gasteiger partial charge is 0.0951 e. The third kappa shape index (κ3) is 2.28. The number of nitrogens with one attached hydrogen (secondary N) is 1. The second-order valence-corrected chi connectivity index (χ2v) is 4.43. The van der Waals surface area contributed by atoms with Crippen molar-refractivity contribution in [2.24, 2.45) is 0 Å². The Kier molecular flexibility index (Phi) is 3.96. The van der Waals surface area contributed by atoms with Crippen LogP contribution in [0, 0.1) is 0 Å². The van der Waals surface area contributed by atoms with Gasteiger partial charge < -0.3 is 14.6 Å². The van der Waals surface area contributed by atoms with Crippen molar-refractivity contribution in [3.05, 3.63) is 18.2 Å². The largest absolute Gasteiger partial charge is 0.383 e. The molecule has 1 aromatic rings. The van der Waals surface area contributed by atoms with Crippen LogP contribution in [0.1, 0.15) is 37.4 Å². The predicted octanol–water partition coefficient (Wildman–Crippen LogP) is 1.56. The van der Waals surface area contributed by atoms with Crippen molar-refractivity contribution < 1.29 is 4.74 Å². The van der Waals surface area contributed by atoms with Crippen molar-refractivity contribution in [1.29, 1.82) is 0 Å². The van der Waals surface area contributed by atoms with Crippen LogP contribution in [0.15, 0.2) is 12.5 Å². The van der Waals surface area contributed by atoms with Crippen LogP contribution >= 0.6 is 0 Å². The quantitative estimate of drug-likeness (QED) is 0.823. The van der Waals surface area contributed by atoms with E-state index >= 15 is 0 Å². The van der Waals surface area contributed by atoms with Crippen molar-refractivity contribution in [1.82, 2.24) is 14.9 Å². The van der Waals surface area contributed by atoms with Crippen molar-refractivity contribution in [3.8, 4) is 0 Å². The first-order valence-electron chi connectivity index (χ1n) is 6.08. The molecular formula is C12H21N3O. The van der Waals surface area contributed by atoms with Gasteiger partial charge in [0.15, 0.2) is 0 Å². The molecule has 1 fully saturated rings. The van der Waals surface area contributed by atoms with Gasteiger partial charge in [0.05, 0.1) is 19.0 Å². The van der Waals surface area contributed by atoms with Gasteiger partial charge >= 0.3 is 0 Å². The van der Waals surface area contributed by atoms with Gasteiger partial charge in [-0.25, -0.2) is 4.98 Å². The summed E-state index contributed by atoms with van der Waals surface area (Å²) in [5, 5.41) is 3.40. The molecule has 1 aromatic heterocycles. The molecule has 0 amide bonds. The van der Waals surface area contributed by atoms with Gasteiger partial charge in [-0.2, -0.15) is 0 Å². The highest BCUT2D eigenvalue weighted by Crippen LogP contribution is 2.25. The van der Waals surface area contributed by atoms with Crippen LogP contribution in [0.5, 0.6) is 0 Å². The van der Waals surface area contributed by atoms with E-state index in [-0.39, 0.29) is 0 Å². The summed E-state index contributed by atoms with van der Waals surface area (Å²) in [6.45, 7) is 5.16. The Bertz CT molecular complexity index is 318. The Morgan fingerprint density at radius 2 is 2.56 bits per heavy atom. The summed E-state index contributed by atoms with van der Waals surface area (Å²) < 4.78 is 7.56. The molecule has 1 aliphatic rings. The molecule has 2 rings (SSSR count). The first kappa shape index (κ1) is 11.6. The molecule has 0 saturated carbocycles. The van der Waals surface area contributed by atoms with Gasteiger partial charge in [0.25, 0.3) is 0 Å². The standard InChI is InChI=1S/C12H21N3O/c1-3-11(8-16-2)15-9-14-7-12(15)10-4-5-13-6-10/h7,9-11,13H,3-6,8H2,1-2H3. The normalized spacial score (nSPS) is 22.5. The van der Waals surface area contributed by atoms with Crippen LogP contribution in [0.3, 0.4) is 0 Å². The van der Waals surface area contributed by atoms with E-state index < -0.39 is 0 Å². The van der Waals surface area contributed by atoms with Gasteiger partial charge in [0.1, 0.15) is 0 Å². The zero-order chi connectivity index (χ0) is 11.4. The molecule has 0 aromatic carbocycles. The monoisotopic (exact) mass is 223 g/mol. The topological polar surface area (TPSA) is 39.1 Å². The molecule has 1 N–H and O–H groups in total. The minimum atomic E-state index is 0.420. The van der Waals surface area contributed by atoms with Crippen LogP contribution in [-0.2, 0) is 4.74 Å². The molecule has 2 atom stereocenters. The van der Waals surface area contributed by atoms with Gasteiger partial charge in [-0.3, -0.25) is 0 Å². The molecule has 16 heavy (non-hydrogen) atoms. The van der Waals surface area contributed by atoms with E-state index in [1.165, 1.54) is 12.1 Å². The molecule has 0 aliphatic carbocycles. The van der Waals surface area contributed by atoms with Gasteiger partial charge in [-0.05, 0) is 19.4 Å². The summed E-state index contributed by atoms with van der Waals surface area (Å²) in [5.74, 6) is 0.619. The highest BCUT2D eigenvalue weighted by atomic mass is 16.5. The predicted molar refractivity (Wildman–Crippen MR) is 63.7 cm³/mol. The molecular weight excluding hydrogens is 202 g/mol. The van der Waals surface area contributed by atoms with E-state index in [0.29, 0.717) is 12.0 Å². The minimum Gasteiger partial charge on any atom is -0.383 e. The number of methoxy groups -OCH3 is 1. The van der Waals surface area contributed by atoms with Gasteiger partial charge in [0, 0.05) is 31.5 Å². The summed E-state index contributed by atoms with van der Waals surface area (Å²) >= 11 is 0. The molecule has 1 saturated heterocycles. The minimum absolute atomic E-state index is 0.420. The van der Waals surface area contributed by atoms with Gasteiger partial charge in [0.2, 0.25) is 0 Å². The maximum Gasteiger partial charge on any atom is 0.0951 e. The lowest BCUT2D eigenvalue weighted by atomic mass is 10.0. The van der Waals surface area contributed by atoms with Crippen LogP contribution in [0.2, 0.25) is 0 Å². The number of hydrogen-bond donors (Lipinski definition) is 1. The second kappa shape index (κ2) is 5.46. The SMILES string of the molecule is CCC(COC)n1cncc1C1CCNC1. The zero-order valence-electron chi connectivity index (χ0n) is 10.1. The summed E-state index contributed by atoms with van der Waals surface area (Å²) in [6, 6.07) is 0.420. The Morgan fingerprint density at radius 3 is 3.19 bits per heavy atom. The number of ether oxygens (including phenoxy) is 1. The van der Waals surface area contributed by atoms with Crippen LogP contribution in [0.25, 0.3) is 0 Å². The number of imidazole rings is 1. The Hall–Kier alpha value is -0.870. The number of hydrogen-bond acceptors (Lipinski definition) is 3. The second-order valence-electron chi connectivity index (χ2n) is 4.43. The maximum atomic E-state index is 5.27. The average Bonchev–Trinajstić information content (AvgIpc) is 2.94. The van der Waals surface area contributed by atoms with Crippen LogP contribution in [0.4, 0.5) is 0 Å². The van der Waals surface area contributed by atoms with E-state index in [4.69, 9.17) is 4.74 Å². The average molecular weight is 223 g/mol. The molecule has 1 aliphatic heterocycles. The number of nitrogens with zero attached hydrogens (tertiary/aromatic N) is 2. The third-order valence-corrected chi connectivity index (χ3v) is 3.40. The first-order valence-corrected chi connectivity index (χ1v) is 6.08. The molecule has 2 unspecified atom stereocenters. The summed E-state index contributed by atoms with van der Waals surface area (Å²) in [7, 11) is 1.76. The molecule has 0 bridgehead atoms. The van der Waals surface area contributed by atoms with Crippen molar-refractivity contribution in [2.45, 2.75) is 31.7 Å². The van der Waals surface area contributed by atoms with E-state index in [2.05, 4.69) is 21.8 Å². The van der Waals surface area contributed by atoms with Crippen molar-refractivity contribution in [3.63, 3.8) is 0 Å². The Morgan fingerprint density at radius 1 is 1.69 bits per heavy atom. The molecule has 0 radical (unpaired) electrons. The summed E-state index contributed by atoms with van der Waals surface area (Å²) in [5.41, 5.74) is 1.36. The Labute approximate surface area is 97.0 Å². The Balaban J connectivity index is 2.16. The lowest BCUT2D eigenvalue weighted by Gasteiger charge is -2.21. The van der Waals surface area contributed by atoms with Gasteiger partial charge in [-0.1, -0.05) is 6.92 Å². The van der Waals surface area contributed by atoms with E-state index in [1.54, 1.807) is 7.11 Å². The van der Waals surface area contributed by atoms with Crippen molar-refractivity contribution >= 4 is 0 Å². The third-order valence-electron chi connectivity index (χ3n) is 3.40. The number of rotatable bonds is 5. The number of aromatic nitrogens is 2. The van der Waals surface area contributed by atoms with E-state index in [0.717, 1.165) is 26.1 Å². The molecule has 0 spiro atoms. The summed E-state index contributed by atoms with van der Waals surface area (Å²) in [6.07, 6.45) is 6.25. The molecule has 2 heterocycles. The molecule has 90 valence electrons. The highest BCUT2D eigenvalue weighted by Gasteiger charge is 2.22. The van der Waals surface area contributed by atoms with Crippen molar-refractivity contribution in [2.75, 3.05) is 26.8 Å². The molecule has 4 heteroatoms. The molecule has 4 nitrogen and oxygen atoms in total. The fourth-order valence-corrected chi connectivity index (χ4v) is 2.43. The van der Waals surface area contributed by atoms with E-state index in [1.807, 2.05) is 12.5 Å². The highest BCUT2D eigenvalue weighted by molar-refractivity contribution is 5.10. The van der Waals surface area contributed by atoms with Crippen LogP contribution in [-0.4, -0.2) is 36.4 Å². The lowest BCUT2D eigenvalue weighted by Crippen LogP contribution is -2.18. The maximum absolute atomic E-state index is 5.27. The fourth-order valence-electron chi connectivity index (χ4n) is 2.43. The summed E-state index contributed by atoms with van der Waals surface area (Å²) in [4.78, 5) is 4.30. The lowest BCUT2D eigenvalue weighted by molar-refractivity contribution is 0.151. The zero-order valence-corrected chi connectivity index (χ0v) is 10.1. The fraction of sp³-hybridized carbons (Fsp3) is 0.750. The van der Waals surface area contributed by atoms with Crippen LogP contribution < -0.4 is 5.32 Å².